The number of furan rings is 1. The third kappa shape index (κ3) is 4.29. The monoisotopic (exact) mass is 667 g/mol. The summed E-state index contributed by atoms with van der Waals surface area (Å²) in [5, 5.41) is 7.35. The Balaban J connectivity index is 1.20. The first-order valence-electron chi connectivity index (χ1n) is 17.3. The highest BCUT2D eigenvalue weighted by Gasteiger charge is 2.21. The Bertz CT molecular complexity index is 3130. The van der Waals surface area contributed by atoms with Crippen LogP contribution in [0.15, 0.2) is 180 Å². The van der Waals surface area contributed by atoms with Crippen molar-refractivity contribution in [2.24, 2.45) is 0 Å². The van der Waals surface area contributed by atoms with Gasteiger partial charge in [0.15, 0.2) is 0 Å². The van der Waals surface area contributed by atoms with Gasteiger partial charge in [-0.3, -0.25) is 0 Å². The molecule has 51 heavy (non-hydrogen) atoms. The van der Waals surface area contributed by atoms with Crippen molar-refractivity contribution in [2.75, 3.05) is 0 Å². The standard InChI is InChI=1S/C48H29NOS/c1-3-12-30(13-4-1)32-23-27-42-40(28-32)36-16-7-9-19-41(36)49(42)43-20-11-18-39-46-34(25-26-35(48(46)51-47(39)43)31-14-5-2-6-15-31)33-22-24-38-37-17-8-10-21-44(37)50-45(38)29-33/h1-29H. The van der Waals surface area contributed by atoms with Crippen LogP contribution in [-0.2, 0) is 0 Å². The van der Waals surface area contributed by atoms with Crippen molar-refractivity contribution in [1.82, 2.24) is 4.57 Å². The Kier molecular flexibility index (Phi) is 6.16. The van der Waals surface area contributed by atoms with Crippen molar-refractivity contribution < 1.29 is 4.42 Å². The summed E-state index contributed by atoms with van der Waals surface area (Å²) in [6.45, 7) is 0. The summed E-state index contributed by atoms with van der Waals surface area (Å²) in [6, 6.07) is 63.6. The summed E-state index contributed by atoms with van der Waals surface area (Å²) in [4.78, 5) is 0. The zero-order chi connectivity index (χ0) is 33.5. The van der Waals surface area contributed by atoms with Crippen LogP contribution in [0.2, 0.25) is 0 Å². The molecular weight excluding hydrogens is 639 g/mol. The molecule has 0 radical (unpaired) electrons. The number of benzene rings is 8. The van der Waals surface area contributed by atoms with E-state index in [1.807, 2.05) is 23.5 Å². The lowest BCUT2D eigenvalue weighted by molar-refractivity contribution is 0.669. The Hall–Kier alpha value is -6.42. The molecule has 0 saturated carbocycles. The molecule has 0 aliphatic carbocycles. The molecule has 11 rings (SSSR count). The molecule has 0 atom stereocenters. The molecule has 0 N–H and O–H groups in total. The molecule has 0 aliphatic heterocycles. The summed E-state index contributed by atoms with van der Waals surface area (Å²) in [5.74, 6) is 0. The second kappa shape index (κ2) is 11.0. The molecule has 2 nitrogen and oxygen atoms in total. The highest BCUT2D eigenvalue weighted by atomic mass is 32.1. The molecule has 0 aliphatic rings. The molecule has 8 aromatic carbocycles. The SMILES string of the molecule is c1ccc(-c2ccc3c(c2)c2ccccc2n3-c2cccc3c2sc2c(-c4ccccc4)ccc(-c4ccc5c(c4)oc4ccccc45)c23)cc1. The van der Waals surface area contributed by atoms with E-state index in [4.69, 9.17) is 4.42 Å². The van der Waals surface area contributed by atoms with Gasteiger partial charge in [0.25, 0.3) is 0 Å². The molecule has 3 aromatic heterocycles. The molecule has 0 unspecified atom stereocenters. The number of aromatic nitrogens is 1. The van der Waals surface area contributed by atoms with E-state index in [9.17, 15) is 0 Å². The minimum atomic E-state index is 0.911. The van der Waals surface area contributed by atoms with Crippen molar-refractivity contribution in [3.63, 3.8) is 0 Å². The van der Waals surface area contributed by atoms with Crippen LogP contribution in [0.4, 0.5) is 0 Å². The molecule has 3 heteroatoms. The van der Waals surface area contributed by atoms with Gasteiger partial charge >= 0.3 is 0 Å². The molecule has 238 valence electrons. The molecule has 0 bridgehead atoms. The Morgan fingerprint density at radius 2 is 1.04 bits per heavy atom. The van der Waals surface area contributed by atoms with Crippen LogP contribution in [0, 0.1) is 0 Å². The first-order valence-corrected chi connectivity index (χ1v) is 18.2. The van der Waals surface area contributed by atoms with Crippen molar-refractivity contribution in [1.29, 1.82) is 0 Å². The molecular formula is C48H29NOS. The predicted molar refractivity (Wildman–Crippen MR) is 217 cm³/mol. The van der Waals surface area contributed by atoms with Gasteiger partial charge in [-0.15, -0.1) is 11.3 Å². The molecule has 3 heterocycles. The lowest BCUT2D eigenvalue weighted by Crippen LogP contribution is -1.93. The maximum Gasteiger partial charge on any atom is 0.136 e. The fourth-order valence-electron chi connectivity index (χ4n) is 8.08. The van der Waals surface area contributed by atoms with Gasteiger partial charge in [0.05, 0.1) is 21.4 Å². The Labute approximate surface area is 298 Å². The van der Waals surface area contributed by atoms with Crippen LogP contribution in [0.5, 0.6) is 0 Å². The quantitative estimate of drug-likeness (QED) is 0.183. The minimum absolute atomic E-state index is 0.911. The zero-order valence-electron chi connectivity index (χ0n) is 27.5. The fourth-order valence-corrected chi connectivity index (χ4v) is 9.45. The van der Waals surface area contributed by atoms with Crippen LogP contribution in [0.1, 0.15) is 0 Å². The first-order chi connectivity index (χ1) is 25.3. The van der Waals surface area contributed by atoms with Gasteiger partial charge in [-0.25, -0.2) is 0 Å². The maximum atomic E-state index is 6.37. The van der Waals surface area contributed by atoms with E-state index in [2.05, 4.69) is 168 Å². The number of thiophene rings is 1. The molecule has 11 aromatic rings. The Morgan fingerprint density at radius 3 is 1.90 bits per heavy atom. The second-order valence-electron chi connectivity index (χ2n) is 13.2. The van der Waals surface area contributed by atoms with Gasteiger partial charge in [-0.05, 0) is 75.8 Å². The van der Waals surface area contributed by atoms with Gasteiger partial charge in [0, 0.05) is 37.0 Å². The fraction of sp³-hybridized carbons (Fsp3) is 0. The van der Waals surface area contributed by atoms with E-state index >= 15 is 0 Å². The molecule has 0 amide bonds. The third-order valence-electron chi connectivity index (χ3n) is 10.4. The van der Waals surface area contributed by atoms with Gasteiger partial charge < -0.3 is 8.98 Å². The highest BCUT2D eigenvalue weighted by molar-refractivity contribution is 7.27. The van der Waals surface area contributed by atoms with E-state index in [-0.39, 0.29) is 0 Å². The summed E-state index contributed by atoms with van der Waals surface area (Å²) >= 11 is 1.90. The molecule has 0 saturated heterocycles. The highest BCUT2D eigenvalue weighted by Crippen LogP contribution is 2.48. The predicted octanol–water partition coefficient (Wildman–Crippen LogP) is 14.1. The number of hydrogen-bond donors (Lipinski definition) is 0. The minimum Gasteiger partial charge on any atom is -0.456 e. The van der Waals surface area contributed by atoms with E-state index < -0.39 is 0 Å². The number of rotatable bonds is 4. The van der Waals surface area contributed by atoms with Crippen LogP contribution in [0.3, 0.4) is 0 Å². The summed E-state index contributed by atoms with van der Waals surface area (Å²) in [6.07, 6.45) is 0. The van der Waals surface area contributed by atoms with Crippen molar-refractivity contribution in [3.8, 4) is 39.1 Å². The van der Waals surface area contributed by atoms with E-state index in [1.54, 1.807) is 0 Å². The number of hydrogen-bond acceptors (Lipinski definition) is 2. The first kappa shape index (κ1) is 28.4. The van der Waals surface area contributed by atoms with Crippen LogP contribution < -0.4 is 0 Å². The normalized spacial score (nSPS) is 11.9. The van der Waals surface area contributed by atoms with Gasteiger partial charge in [0.1, 0.15) is 11.2 Å². The van der Waals surface area contributed by atoms with E-state index in [0.717, 1.165) is 27.5 Å². The Morgan fingerprint density at radius 1 is 0.373 bits per heavy atom. The maximum absolute atomic E-state index is 6.37. The summed E-state index contributed by atoms with van der Waals surface area (Å²) in [5.41, 5.74) is 12.7. The smallest absolute Gasteiger partial charge is 0.136 e. The average molecular weight is 668 g/mol. The van der Waals surface area contributed by atoms with Crippen molar-refractivity contribution >= 4 is 75.3 Å². The summed E-state index contributed by atoms with van der Waals surface area (Å²) in [7, 11) is 0. The van der Waals surface area contributed by atoms with Crippen LogP contribution >= 0.6 is 11.3 Å². The molecule has 0 spiro atoms. The number of para-hydroxylation sites is 2. The largest absolute Gasteiger partial charge is 0.456 e. The number of fused-ring (bicyclic) bond motifs is 9. The lowest BCUT2D eigenvalue weighted by atomic mass is 9.94. The topological polar surface area (TPSA) is 18.1 Å². The lowest BCUT2D eigenvalue weighted by Gasteiger charge is -2.11. The van der Waals surface area contributed by atoms with Gasteiger partial charge in [0.2, 0.25) is 0 Å². The third-order valence-corrected chi connectivity index (χ3v) is 11.7. The van der Waals surface area contributed by atoms with Gasteiger partial charge in [-0.2, -0.15) is 0 Å². The van der Waals surface area contributed by atoms with Crippen molar-refractivity contribution in [3.05, 3.63) is 176 Å². The van der Waals surface area contributed by atoms with Crippen LogP contribution in [-0.4, -0.2) is 4.57 Å². The second-order valence-corrected chi connectivity index (χ2v) is 14.3. The number of nitrogens with zero attached hydrogens (tertiary/aromatic N) is 1. The molecule has 0 fully saturated rings. The average Bonchev–Trinajstić information content (AvgIpc) is 3.88. The van der Waals surface area contributed by atoms with Gasteiger partial charge in [-0.1, -0.05) is 133 Å². The van der Waals surface area contributed by atoms with E-state index in [0.29, 0.717) is 0 Å². The zero-order valence-corrected chi connectivity index (χ0v) is 28.3. The van der Waals surface area contributed by atoms with E-state index in [1.165, 1.54) is 75.5 Å². The van der Waals surface area contributed by atoms with Crippen molar-refractivity contribution in [2.45, 2.75) is 0 Å². The van der Waals surface area contributed by atoms with Crippen LogP contribution in [0.25, 0.3) is 103 Å². The summed E-state index contributed by atoms with van der Waals surface area (Å²) < 4.78 is 11.4.